The van der Waals surface area contributed by atoms with Crippen LogP contribution in [0.3, 0.4) is 0 Å². The molecule has 1 N–H and O–H groups in total. The number of nitrogens with zero attached hydrogens (tertiary/aromatic N) is 1. The van der Waals surface area contributed by atoms with Crippen LogP contribution >= 0.6 is 11.3 Å². The van der Waals surface area contributed by atoms with Crippen molar-refractivity contribution in [3.8, 4) is 11.3 Å². The molecule has 0 atom stereocenters. The molecule has 1 heterocycles. The predicted octanol–water partition coefficient (Wildman–Crippen LogP) is 4.92. The molecule has 0 aliphatic carbocycles. The fraction of sp³-hybridized carbons (Fsp3) is 0.412. The Morgan fingerprint density at radius 2 is 1.81 bits per heavy atom. The molecular formula is C17H22N2OS. The van der Waals surface area contributed by atoms with E-state index in [4.69, 9.17) is 0 Å². The van der Waals surface area contributed by atoms with Crippen molar-refractivity contribution < 1.29 is 4.79 Å². The summed E-state index contributed by atoms with van der Waals surface area (Å²) in [5, 5.41) is 5.50. The van der Waals surface area contributed by atoms with E-state index in [-0.39, 0.29) is 5.91 Å². The Morgan fingerprint density at radius 1 is 1.19 bits per heavy atom. The summed E-state index contributed by atoms with van der Waals surface area (Å²) in [7, 11) is 0. The maximum atomic E-state index is 12.0. The molecule has 0 radical (unpaired) electrons. The van der Waals surface area contributed by atoms with Crippen LogP contribution in [0.2, 0.25) is 0 Å². The molecule has 0 aliphatic heterocycles. The van der Waals surface area contributed by atoms with Crippen molar-refractivity contribution in [3.05, 3.63) is 35.2 Å². The number of hydrogen-bond donors (Lipinski definition) is 1. The highest BCUT2D eigenvalue weighted by atomic mass is 32.1. The Kier molecular flexibility index (Phi) is 4.47. The molecule has 3 nitrogen and oxygen atoms in total. The van der Waals surface area contributed by atoms with Gasteiger partial charge in [-0.05, 0) is 11.5 Å². The van der Waals surface area contributed by atoms with Gasteiger partial charge in [0.25, 0.3) is 0 Å². The first-order valence-corrected chi connectivity index (χ1v) is 8.02. The van der Waals surface area contributed by atoms with Crippen LogP contribution < -0.4 is 5.32 Å². The lowest BCUT2D eigenvalue weighted by molar-refractivity contribution is -0.123. The maximum absolute atomic E-state index is 12.0. The van der Waals surface area contributed by atoms with Crippen molar-refractivity contribution >= 4 is 22.4 Å². The maximum Gasteiger partial charge on any atom is 0.231 e. The zero-order chi connectivity index (χ0) is 15.6. The summed E-state index contributed by atoms with van der Waals surface area (Å²) < 4.78 is 0. The molecule has 0 fully saturated rings. The first kappa shape index (κ1) is 15.7. The van der Waals surface area contributed by atoms with E-state index in [0.29, 0.717) is 11.0 Å². The minimum Gasteiger partial charge on any atom is -0.302 e. The lowest BCUT2D eigenvalue weighted by Crippen LogP contribution is -2.27. The number of carbonyl (C=O) groups is 1. The number of benzene rings is 1. The molecule has 0 unspecified atom stereocenters. The van der Waals surface area contributed by atoms with Gasteiger partial charge in [-0.2, -0.15) is 0 Å². The van der Waals surface area contributed by atoms with Crippen molar-refractivity contribution in [2.24, 2.45) is 5.41 Å². The smallest absolute Gasteiger partial charge is 0.231 e. The van der Waals surface area contributed by atoms with Gasteiger partial charge in [-0.3, -0.25) is 4.79 Å². The van der Waals surface area contributed by atoms with Gasteiger partial charge in [0.15, 0.2) is 5.13 Å². The molecule has 1 aromatic heterocycles. The molecule has 0 spiro atoms. The molecule has 1 aromatic carbocycles. The van der Waals surface area contributed by atoms with Crippen molar-refractivity contribution in [1.82, 2.24) is 4.98 Å². The van der Waals surface area contributed by atoms with Gasteiger partial charge in [0.05, 0.1) is 5.69 Å². The van der Waals surface area contributed by atoms with Crippen LogP contribution in [0, 0.1) is 5.41 Å². The molecule has 0 bridgehead atoms. The van der Waals surface area contributed by atoms with Crippen molar-refractivity contribution in [2.75, 3.05) is 5.32 Å². The van der Waals surface area contributed by atoms with Crippen LogP contribution in [-0.4, -0.2) is 10.9 Å². The van der Waals surface area contributed by atoms with E-state index in [1.807, 2.05) is 26.2 Å². The van der Waals surface area contributed by atoms with Gasteiger partial charge in [0.1, 0.15) is 0 Å². The second-order valence-electron chi connectivity index (χ2n) is 6.52. The molecule has 0 aliphatic rings. The average Bonchev–Trinajstić information content (AvgIpc) is 2.86. The third kappa shape index (κ3) is 3.91. The largest absolute Gasteiger partial charge is 0.302 e. The molecule has 4 heteroatoms. The van der Waals surface area contributed by atoms with Crippen molar-refractivity contribution in [3.63, 3.8) is 0 Å². The molecule has 2 rings (SSSR count). The number of nitrogens with one attached hydrogen (secondary N) is 1. The molecule has 0 saturated carbocycles. The highest BCUT2D eigenvalue weighted by Gasteiger charge is 2.22. The van der Waals surface area contributed by atoms with Crippen LogP contribution in [0.4, 0.5) is 5.13 Å². The summed E-state index contributed by atoms with van der Waals surface area (Å²) in [6.45, 7) is 10.0. The fourth-order valence-corrected chi connectivity index (χ4v) is 2.50. The lowest BCUT2D eigenvalue weighted by Gasteiger charge is -2.15. The normalized spacial score (nSPS) is 11.7. The van der Waals surface area contributed by atoms with E-state index in [0.717, 1.165) is 11.3 Å². The Bertz CT molecular complexity index is 621. The van der Waals surface area contributed by atoms with Crippen LogP contribution in [0.1, 0.15) is 46.1 Å². The third-order valence-corrected chi connectivity index (χ3v) is 4.04. The predicted molar refractivity (Wildman–Crippen MR) is 89.7 cm³/mol. The topological polar surface area (TPSA) is 42.0 Å². The minimum absolute atomic E-state index is 0.0152. The standard InChI is InChI=1S/C17H22N2OS/c1-11(2)12-6-8-13(9-7-12)14-10-21-16(18-14)19-15(20)17(3,4)5/h6-11H,1-5H3,(H,18,19,20). The summed E-state index contributed by atoms with van der Waals surface area (Å²) in [4.78, 5) is 16.4. The van der Waals surface area contributed by atoms with Gasteiger partial charge >= 0.3 is 0 Å². The van der Waals surface area contributed by atoms with Crippen molar-refractivity contribution in [1.29, 1.82) is 0 Å². The molecule has 0 saturated heterocycles. The number of carbonyl (C=O) groups excluding carboxylic acids is 1. The molecule has 2 aromatic rings. The van der Waals surface area contributed by atoms with Crippen molar-refractivity contribution in [2.45, 2.75) is 40.5 Å². The Morgan fingerprint density at radius 3 is 2.33 bits per heavy atom. The van der Waals surface area contributed by atoms with Crippen LogP contribution in [0.5, 0.6) is 0 Å². The Hall–Kier alpha value is -1.68. The van der Waals surface area contributed by atoms with Crippen LogP contribution in [0.25, 0.3) is 11.3 Å². The van der Waals surface area contributed by atoms with E-state index >= 15 is 0 Å². The van der Waals surface area contributed by atoms with Gasteiger partial charge in [-0.15, -0.1) is 11.3 Å². The average molecular weight is 302 g/mol. The second kappa shape index (κ2) is 5.98. The number of thiazole rings is 1. The Labute approximate surface area is 130 Å². The lowest BCUT2D eigenvalue weighted by atomic mass is 9.96. The molecular weight excluding hydrogens is 280 g/mol. The van der Waals surface area contributed by atoms with Gasteiger partial charge in [-0.1, -0.05) is 58.9 Å². The fourth-order valence-electron chi connectivity index (χ4n) is 1.79. The summed E-state index contributed by atoms with van der Waals surface area (Å²) in [5.41, 5.74) is 2.88. The quantitative estimate of drug-likeness (QED) is 0.874. The number of amides is 1. The Balaban J connectivity index is 2.14. The number of rotatable bonds is 3. The minimum atomic E-state index is -0.412. The molecule has 112 valence electrons. The van der Waals surface area contributed by atoms with Gasteiger partial charge in [0, 0.05) is 16.4 Å². The summed E-state index contributed by atoms with van der Waals surface area (Å²) in [6, 6.07) is 8.43. The highest BCUT2D eigenvalue weighted by molar-refractivity contribution is 7.14. The van der Waals surface area contributed by atoms with Gasteiger partial charge < -0.3 is 5.32 Å². The van der Waals surface area contributed by atoms with E-state index in [2.05, 4.69) is 48.4 Å². The van der Waals surface area contributed by atoms with E-state index in [1.54, 1.807) is 0 Å². The molecule has 21 heavy (non-hydrogen) atoms. The van der Waals surface area contributed by atoms with E-state index in [1.165, 1.54) is 16.9 Å². The summed E-state index contributed by atoms with van der Waals surface area (Å²) in [5.74, 6) is 0.509. The number of aromatic nitrogens is 1. The van der Waals surface area contributed by atoms with E-state index < -0.39 is 5.41 Å². The van der Waals surface area contributed by atoms with Gasteiger partial charge in [-0.25, -0.2) is 4.98 Å². The summed E-state index contributed by atoms with van der Waals surface area (Å²) >= 11 is 1.46. The first-order chi connectivity index (χ1) is 9.77. The summed E-state index contributed by atoms with van der Waals surface area (Å²) in [6.07, 6.45) is 0. The van der Waals surface area contributed by atoms with Crippen LogP contribution in [0.15, 0.2) is 29.6 Å². The van der Waals surface area contributed by atoms with Gasteiger partial charge in [0.2, 0.25) is 5.91 Å². The first-order valence-electron chi connectivity index (χ1n) is 7.14. The zero-order valence-electron chi connectivity index (χ0n) is 13.2. The number of hydrogen-bond acceptors (Lipinski definition) is 3. The SMILES string of the molecule is CC(C)c1ccc(-c2csc(NC(=O)C(C)(C)C)n2)cc1. The second-order valence-corrected chi connectivity index (χ2v) is 7.38. The van der Waals surface area contributed by atoms with Crippen LogP contribution in [-0.2, 0) is 4.79 Å². The van der Waals surface area contributed by atoms with E-state index in [9.17, 15) is 4.79 Å². The highest BCUT2D eigenvalue weighted by Crippen LogP contribution is 2.27. The number of anilines is 1. The zero-order valence-corrected chi connectivity index (χ0v) is 14.0. The molecule has 1 amide bonds. The third-order valence-electron chi connectivity index (χ3n) is 3.28. The monoisotopic (exact) mass is 302 g/mol.